The third-order valence-electron chi connectivity index (χ3n) is 3.68. The first-order valence-corrected chi connectivity index (χ1v) is 6.04. The lowest BCUT2D eigenvalue weighted by Gasteiger charge is -2.22. The molecule has 1 aliphatic carbocycles. The van der Waals surface area contributed by atoms with Gasteiger partial charge in [-0.05, 0) is 42.2 Å². The normalized spacial score (nSPS) is 20.8. The van der Waals surface area contributed by atoms with Crippen LogP contribution in [0, 0.1) is 5.92 Å². The van der Waals surface area contributed by atoms with E-state index in [1.807, 2.05) is 0 Å². The zero-order valence-corrected chi connectivity index (χ0v) is 9.86. The number of ether oxygens (including phenoxy) is 1. The summed E-state index contributed by atoms with van der Waals surface area (Å²) in [5.74, 6) is 0.875. The minimum absolute atomic E-state index is 0.266. The van der Waals surface area contributed by atoms with Gasteiger partial charge >= 0.3 is 0 Å². The van der Waals surface area contributed by atoms with E-state index in [4.69, 9.17) is 4.74 Å². The van der Waals surface area contributed by atoms with Gasteiger partial charge in [0.1, 0.15) is 0 Å². The zero-order chi connectivity index (χ0) is 11.4. The fourth-order valence-electron chi connectivity index (χ4n) is 2.77. The molecule has 2 rings (SSSR count). The molecule has 0 spiro atoms. The van der Waals surface area contributed by atoms with Crippen molar-refractivity contribution >= 4 is 0 Å². The number of aryl methyl sites for hydroxylation is 1. The van der Waals surface area contributed by atoms with Crippen LogP contribution in [0.1, 0.15) is 29.9 Å². The number of aliphatic hydroxyl groups is 1. The Kier molecular flexibility index (Phi) is 3.97. The second-order valence-electron chi connectivity index (χ2n) is 4.57. The molecule has 16 heavy (non-hydrogen) atoms. The second-order valence-corrected chi connectivity index (χ2v) is 4.57. The van der Waals surface area contributed by atoms with Crippen molar-refractivity contribution < 1.29 is 9.84 Å². The van der Waals surface area contributed by atoms with E-state index in [1.165, 1.54) is 17.5 Å². The standard InChI is InChI=1S/C14H20O2/c1-16-9-8-12(10-15)14-7-6-11-4-2-3-5-13(11)14/h2-5,12,14-15H,6-10H2,1H3/t12?,14-/m1/s1. The van der Waals surface area contributed by atoms with E-state index in [1.54, 1.807) is 7.11 Å². The SMILES string of the molecule is COCCC(CO)[C@H]1CCc2ccccc21. The molecule has 0 bridgehead atoms. The summed E-state index contributed by atoms with van der Waals surface area (Å²) in [7, 11) is 1.72. The lowest BCUT2D eigenvalue weighted by Crippen LogP contribution is -2.17. The van der Waals surface area contributed by atoms with Crippen molar-refractivity contribution in [2.45, 2.75) is 25.2 Å². The largest absolute Gasteiger partial charge is 0.396 e. The summed E-state index contributed by atoms with van der Waals surface area (Å²) in [5.41, 5.74) is 2.90. The average Bonchev–Trinajstić information content (AvgIpc) is 2.75. The van der Waals surface area contributed by atoms with Crippen molar-refractivity contribution in [3.8, 4) is 0 Å². The molecule has 0 aliphatic heterocycles. The molecule has 2 nitrogen and oxygen atoms in total. The van der Waals surface area contributed by atoms with E-state index in [9.17, 15) is 5.11 Å². The van der Waals surface area contributed by atoms with Crippen LogP contribution in [0.25, 0.3) is 0 Å². The molecule has 1 aromatic rings. The van der Waals surface area contributed by atoms with Gasteiger partial charge in [0, 0.05) is 20.3 Å². The predicted molar refractivity (Wildman–Crippen MR) is 64.6 cm³/mol. The van der Waals surface area contributed by atoms with Gasteiger partial charge in [-0.2, -0.15) is 0 Å². The molecule has 1 aliphatic rings. The van der Waals surface area contributed by atoms with E-state index >= 15 is 0 Å². The Bertz CT molecular complexity index is 335. The highest BCUT2D eigenvalue weighted by atomic mass is 16.5. The van der Waals surface area contributed by atoms with Gasteiger partial charge in [-0.15, -0.1) is 0 Å². The summed E-state index contributed by atoms with van der Waals surface area (Å²) in [4.78, 5) is 0. The molecule has 88 valence electrons. The molecule has 2 heteroatoms. The number of aliphatic hydroxyl groups excluding tert-OH is 1. The summed E-state index contributed by atoms with van der Waals surface area (Å²) in [6.45, 7) is 1.01. The average molecular weight is 220 g/mol. The second kappa shape index (κ2) is 5.46. The number of hydrogen-bond donors (Lipinski definition) is 1. The van der Waals surface area contributed by atoms with Crippen molar-refractivity contribution in [3.05, 3.63) is 35.4 Å². The van der Waals surface area contributed by atoms with Crippen LogP contribution in [0.15, 0.2) is 24.3 Å². The first-order chi connectivity index (χ1) is 7.86. The monoisotopic (exact) mass is 220 g/mol. The fraction of sp³-hybridized carbons (Fsp3) is 0.571. The highest BCUT2D eigenvalue weighted by Crippen LogP contribution is 2.39. The maximum Gasteiger partial charge on any atom is 0.0465 e. The predicted octanol–water partition coefficient (Wildman–Crippen LogP) is 2.36. The van der Waals surface area contributed by atoms with Crippen LogP contribution in [0.2, 0.25) is 0 Å². The molecule has 0 saturated heterocycles. The van der Waals surface area contributed by atoms with Crippen molar-refractivity contribution in [1.29, 1.82) is 0 Å². The molecule has 0 aromatic heterocycles. The Labute approximate surface area is 97.3 Å². The maximum absolute atomic E-state index is 9.48. The molecular formula is C14H20O2. The molecule has 0 fully saturated rings. The van der Waals surface area contributed by atoms with E-state index in [-0.39, 0.29) is 6.61 Å². The Morgan fingerprint density at radius 3 is 3.00 bits per heavy atom. The van der Waals surface area contributed by atoms with Crippen molar-refractivity contribution in [3.63, 3.8) is 0 Å². The smallest absolute Gasteiger partial charge is 0.0465 e. The minimum atomic E-state index is 0.266. The van der Waals surface area contributed by atoms with Crippen LogP contribution in [0.3, 0.4) is 0 Å². The molecule has 1 N–H and O–H groups in total. The maximum atomic E-state index is 9.48. The quantitative estimate of drug-likeness (QED) is 0.825. The molecule has 0 amide bonds. The highest BCUT2D eigenvalue weighted by molar-refractivity contribution is 5.35. The van der Waals surface area contributed by atoms with Gasteiger partial charge < -0.3 is 9.84 Å². The molecule has 0 heterocycles. The summed E-state index contributed by atoms with van der Waals surface area (Å²) >= 11 is 0. The first kappa shape index (κ1) is 11.6. The number of fused-ring (bicyclic) bond motifs is 1. The number of methoxy groups -OCH3 is 1. The third kappa shape index (κ3) is 2.28. The Morgan fingerprint density at radius 2 is 2.25 bits per heavy atom. The molecular weight excluding hydrogens is 200 g/mol. The summed E-state index contributed by atoms with van der Waals surface area (Å²) in [5, 5.41) is 9.48. The van der Waals surface area contributed by atoms with Gasteiger partial charge in [-0.25, -0.2) is 0 Å². The van der Waals surface area contributed by atoms with Gasteiger partial charge in [0.15, 0.2) is 0 Å². The van der Waals surface area contributed by atoms with Crippen LogP contribution in [-0.2, 0) is 11.2 Å². The van der Waals surface area contributed by atoms with Gasteiger partial charge in [0.2, 0.25) is 0 Å². The number of benzene rings is 1. The van der Waals surface area contributed by atoms with E-state index in [2.05, 4.69) is 24.3 Å². The third-order valence-corrected chi connectivity index (χ3v) is 3.68. The van der Waals surface area contributed by atoms with Crippen LogP contribution >= 0.6 is 0 Å². The van der Waals surface area contributed by atoms with Gasteiger partial charge in [-0.3, -0.25) is 0 Å². The van der Waals surface area contributed by atoms with E-state index in [0.717, 1.165) is 19.4 Å². The highest BCUT2D eigenvalue weighted by Gasteiger charge is 2.28. The minimum Gasteiger partial charge on any atom is -0.396 e. The molecule has 1 unspecified atom stereocenters. The molecule has 0 saturated carbocycles. The Balaban J connectivity index is 2.10. The molecule has 2 atom stereocenters. The number of rotatable bonds is 5. The summed E-state index contributed by atoms with van der Waals surface area (Å²) in [6, 6.07) is 8.62. The van der Waals surface area contributed by atoms with Crippen LogP contribution < -0.4 is 0 Å². The summed E-state index contributed by atoms with van der Waals surface area (Å²) in [6.07, 6.45) is 3.28. The molecule has 1 aromatic carbocycles. The van der Waals surface area contributed by atoms with Crippen LogP contribution in [-0.4, -0.2) is 25.4 Å². The Hall–Kier alpha value is -0.860. The topological polar surface area (TPSA) is 29.5 Å². The van der Waals surface area contributed by atoms with Gasteiger partial charge in [0.25, 0.3) is 0 Å². The van der Waals surface area contributed by atoms with Crippen molar-refractivity contribution in [1.82, 2.24) is 0 Å². The lowest BCUT2D eigenvalue weighted by atomic mass is 9.86. The van der Waals surface area contributed by atoms with Crippen molar-refractivity contribution in [2.24, 2.45) is 5.92 Å². The van der Waals surface area contributed by atoms with Crippen LogP contribution in [0.4, 0.5) is 0 Å². The first-order valence-electron chi connectivity index (χ1n) is 6.04. The zero-order valence-electron chi connectivity index (χ0n) is 9.86. The van der Waals surface area contributed by atoms with Crippen molar-refractivity contribution in [2.75, 3.05) is 20.3 Å². The Morgan fingerprint density at radius 1 is 1.44 bits per heavy atom. The lowest BCUT2D eigenvalue weighted by molar-refractivity contribution is 0.134. The van der Waals surface area contributed by atoms with E-state index < -0.39 is 0 Å². The number of hydrogen-bond acceptors (Lipinski definition) is 2. The van der Waals surface area contributed by atoms with Crippen LogP contribution in [0.5, 0.6) is 0 Å². The van der Waals surface area contributed by atoms with Gasteiger partial charge in [0.05, 0.1) is 0 Å². The molecule has 0 radical (unpaired) electrons. The fourth-order valence-corrected chi connectivity index (χ4v) is 2.77. The summed E-state index contributed by atoms with van der Waals surface area (Å²) < 4.78 is 5.11. The van der Waals surface area contributed by atoms with Gasteiger partial charge in [-0.1, -0.05) is 24.3 Å². The van der Waals surface area contributed by atoms with E-state index in [0.29, 0.717) is 11.8 Å².